The van der Waals surface area contributed by atoms with Gasteiger partial charge in [0.2, 0.25) is 0 Å². The number of benzene rings is 1. The third-order valence-corrected chi connectivity index (χ3v) is 3.72. The number of hydrogen-bond donors (Lipinski definition) is 2. The second-order valence-electron chi connectivity index (χ2n) is 5.97. The van der Waals surface area contributed by atoms with Gasteiger partial charge >= 0.3 is 0 Å². The Hall–Kier alpha value is -2.43. The fourth-order valence-corrected chi connectivity index (χ4v) is 2.01. The molecule has 1 aromatic heterocycles. The number of anilines is 2. The lowest BCUT2D eigenvalue weighted by Crippen LogP contribution is -2.32. The van der Waals surface area contributed by atoms with Gasteiger partial charge in [-0.3, -0.25) is 4.79 Å². The summed E-state index contributed by atoms with van der Waals surface area (Å²) in [6.45, 7) is 8.31. The molecule has 1 aromatic carbocycles. The Morgan fingerprint density at radius 1 is 1.09 bits per heavy atom. The normalized spacial score (nSPS) is 12.0. The topological polar surface area (TPSA) is 66.9 Å². The van der Waals surface area contributed by atoms with Gasteiger partial charge < -0.3 is 10.6 Å². The Morgan fingerprint density at radius 2 is 1.78 bits per heavy atom. The molecule has 2 aromatic rings. The molecule has 0 saturated heterocycles. The summed E-state index contributed by atoms with van der Waals surface area (Å²) in [6.07, 6.45) is 3.94. The highest BCUT2D eigenvalue weighted by Gasteiger charge is 2.10. The quantitative estimate of drug-likeness (QED) is 0.849. The highest BCUT2D eigenvalue weighted by atomic mass is 16.1. The van der Waals surface area contributed by atoms with Crippen molar-refractivity contribution >= 4 is 17.4 Å². The van der Waals surface area contributed by atoms with Gasteiger partial charge in [-0.15, -0.1) is 0 Å². The van der Waals surface area contributed by atoms with E-state index in [1.807, 2.05) is 26.0 Å². The van der Waals surface area contributed by atoms with E-state index < -0.39 is 0 Å². The smallest absolute Gasteiger partial charge is 0.271 e. The van der Waals surface area contributed by atoms with Crippen molar-refractivity contribution in [1.82, 2.24) is 15.3 Å². The summed E-state index contributed by atoms with van der Waals surface area (Å²) in [5.41, 5.74) is 2.56. The minimum atomic E-state index is -0.195. The van der Waals surface area contributed by atoms with Crippen LogP contribution in [-0.2, 0) is 0 Å². The number of nitrogens with one attached hydrogen (secondary N) is 2. The van der Waals surface area contributed by atoms with Crippen LogP contribution in [0, 0.1) is 0 Å². The summed E-state index contributed by atoms with van der Waals surface area (Å²) in [4.78, 5) is 20.4. The van der Waals surface area contributed by atoms with Gasteiger partial charge in [-0.25, -0.2) is 9.97 Å². The molecule has 1 atom stereocenters. The van der Waals surface area contributed by atoms with Gasteiger partial charge in [0.15, 0.2) is 0 Å². The van der Waals surface area contributed by atoms with Crippen molar-refractivity contribution in [3.05, 3.63) is 47.9 Å². The maximum absolute atomic E-state index is 12.0. The van der Waals surface area contributed by atoms with E-state index in [1.54, 1.807) is 6.20 Å². The molecule has 0 aliphatic rings. The first-order valence-corrected chi connectivity index (χ1v) is 7.99. The summed E-state index contributed by atoms with van der Waals surface area (Å²) in [5.74, 6) is 0.925. The van der Waals surface area contributed by atoms with Crippen LogP contribution in [0.2, 0.25) is 0 Å². The molecule has 0 spiro atoms. The molecule has 23 heavy (non-hydrogen) atoms. The number of nitrogens with zero attached hydrogens (tertiary/aromatic N) is 2. The van der Waals surface area contributed by atoms with Crippen LogP contribution in [0.15, 0.2) is 36.7 Å². The molecule has 0 aliphatic heterocycles. The molecule has 1 amide bonds. The second kappa shape index (κ2) is 7.72. The van der Waals surface area contributed by atoms with Gasteiger partial charge in [0.1, 0.15) is 11.5 Å². The van der Waals surface area contributed by atoms with Crippen molar-refractivity contribution in [2.24, 2.45) is 0 Å². The molecule has 0 saturated carbocycles. The molecule has 1 unspecified atom stereocenters. The van der Waals surface area contributed by atoms with E-state index in [0.717, 1.165) is 12.1 Å². The Balaban J connectivity index is 2.00. The lowest BCUT2D eigenvalue weighted by molar-refractivity contribution is 0.0934. The molecular formula is C18H24N4O. The van der Waals surface area contributed by atoms with E-state index in [9.17, 15) is 4.79 Å². The lowest BCUT2D eigenvalue weighted by Gasteiger charge is -2.11. The maximum Gasteiger partial charge on any atom is 0.271 e. The van der Waals surface area contributed by atoms with Crippen LogP contribution in [0.5, 0.6) is 0 Å². The van der Waals surface area contributed by atoms with Crippen molar-refractivity contribution in [3.8, 4) is 0 Å². The molecule has 2 N–H and O–H groups in total. The zero-order valence-electron chi connectivity index (χ0n) is 14.1. The van der Waals surface area contributed by atoms with Crippen LogP contribution in [-0.4, -0.2) is 21.9 Å². The van der Waals surface area contributed by atoms with E-state index in [-0.39, 0.29) is 11.9 Å². The van der Waals surface area contributed by atoms with Crippen molar-refractivity contribution in [3.63, 3.8) is 0 Å². The monoisotopic (exact) mass is 312 g/mol. The average molecular weight is 312 g/mol. The molecule has 122 valence electrons. The standard InChI is InChI=1S/C18H24N4O/c1-5-13(4)21-18(23)16-10-20-17(11-19-16)22-15-8-6-14(7-9-15)12(2)3/h6-13H,5H2,1-4H3,(H,20,22)(H,21,23). The van der Waals surface area contributed by atoms with Gasteiger partial charge in [-0.2, -0.15) is 0 Å². The SMILES string of the molecule is CCC(C)NC(=O)c1cnc(Nc2ccc(C(C)C)cc2)cn1. The predicted molar refractivity (Wildman–Crippen MR) is 93.1 cm³/mol. The van der Waals surface area contributed by atoms with Crippen LogP contribution < -0.4 is 10.6 Å². The van der Waals surface area contributed by atoms with Crippen molar-refractivity contribution in [2.75, 3.05) is 5.32 Å². The van der Waals surface area contributed by atoms with E-state index in [1.165, 1.54) is 11.8 Å². The Kier molecular flexibility index (Phi) is 5.68. The molecule has 0 radical (unpaired) electrons. The van der Waals surface area contributed by atoms with E-state index in [0.29, 0.717) is 17.4 Å². The molecule has 5 nitrogen and oxygen atoms in total. The first-order chi connectivity index (χ1) is 11.0. The lowest BCUT2D eigenvalue weighted by atomic mass is 10.0. The summed E-state index contributed by atoms with van der Waals surface area (Å²) in [7, 11) is 0. The zero-order chi connectivity index (χ0) is 16.8. The van der Waals surface area contributed by atoms with Crippen LogP contribution in [0.4, 0.5) is 11.5 Å². The highest BCUT2D eigenvalue weighted by molar-refractivity contribution is 5.92. The van der Waals surface area contributed by atoms with E-state index in [4.69, 9.17) is 0 Å². The molecule has 0 bridgehead atoms. The molecule has 0 aliphatic carbocycles. The summed E-state index contributed by atoms with van der Waals surface area (Å²) in [5, 5.41) is 6.05. The first-order valence-electron chi connectivity index (χ1n) is 7.99. The fourth-order valence-electron chi connectivity index (χ4n) is 2.01. The number of hydrogen-bond acceptors (Lipinski definition) is 4. The summed E-state index contributed by atoms with van der Waals surface area (Å²) in [6, 6.07) is 8.34. The maximum atomic E-state index is 12.0. The minimum absolute atomic E-state index is 0.126. The predicted octanol–water partition coefficient (Wildman–Crippen LogP) is 3.87. The molecular weight excluding hydrogens is 288 g/mol. The van der Waals surface area contributed by atoms with Gasteiger partial charge in [-0.05, 0) is 37.0 Å². The number of carbonyl (C=O) groups is 1. The fraction of sp³-hybridized carbons (Fsp3) is 0.389. The average Bonchev–Trinajstić information content (AvgIpc) is 2.55. The Morgan fingerprint density at radius 3 is 2.30 bits per heavy atom. The minimum Gasteiger partial charge on any atom is -0.348 e. The molecule has 2 rings (SSSR count). The summed E-state index contributed by atoms with van der Waals surface area (Å²) < 4.78 is 0. The van der Waals surface area contributed by atoms with E-state index in [2.05, 4.69) is 46.6 Å². The molecule has 1 heterocycles. The number of rotatable bonds is 6. The second-order valence-corrected chi connectivity index (χ2v) is 5.97. The van der Waals surface area contributed by atoms with Crippen molar-refractivity contribution in [2.45, 2.75) is 46.1 Å². The van der Waals surface area contributed by atoms with E-state index >= 15 is 0 Å². The van der Waals surface area contributed by atoms with Gasteiger partial charge in [0.25, 0.3) is 5.91 Å². The highest BCUT2D eigenvalue weighted by Crippen LogP contribution is 2.19. The van der Waals surface area contributed by atoms with Crippen LogP contribution in [0.1, 0.15) is 56.1 Å². The van der Waals surface area contributed by atoms with Gasteiger partial charge in [0.05, 0.1) is 12.4 Å². The Labute approximate surface area is 137 Å². The molecule has 0 fully saturated rings. The molecule has 5 heteroatoms. The van der Waals surface area contributed by atoms with Crippen LogP contribution in [0.3, 0.4) is 0 Å². The third-order valence-electron chi connectivity index (χ3n) is 3.72. The number of amides is 1. The zero-order valence-corrected chi connectivity index (χ0v) is 14.1. The Bertz CT molecular complexity index is 635. The van der Waals surface area contributed by atoms with Gasteiger partial charge in [0, 0.05) is 11.7 Å². The number of aromatic nitrogens is 2. The first kappa shape index (κ1) is 16.9. The van der Waals surface area contributed by atoms with Crippen molar-refractivity contribution in [1.29, 1.82) is 0 Å². The number of carbonyl (C=O) groups excluding carboxylic acids is 1. The van der Waals surface area contributed by atoms with Crippen LogP contribution >= 0.6 is 0 Å². The van der Waals surface area contributed by atoms with Crippen LogP contribution in [0.25, 0.3) is 0 Å². The largest absolute Gasteiger partial charge is 0.348 e. The van der Waals surface area contributed by atoms with Crippen molar-refractivity contribution < 1.29 is 4.79 Å². The third kappa shape index (κ3) is 4.77. The summed E-state index contributed by atoms with van der Waals surface area (Å²) >= 11 is 0. The van der Waals surface area contributed by atoms with Gasteiger partial charge in [-0.1, -0.05) is 32.9 Å².